The summed E-state index contributed by atoms with van der Waals surface area (Å²) in [5.41, 5.74) is 0.257. The highest BCUT2D eigenvalue weighted by Gasteiger charge is 2.29. The van der Waals surface area contributed by atoms with E-state index >= 15 is 0 Å². The Kier molecular flexibility index (Phi) is 6.22. The molecule has 0 radical (unpaired) electrons. The molecule has 1 N–H and O–H groups in total. The fourth-order valence-corrected chi connectivity index (χ4v) is 3.23. The molecule has 6 nitrogen and oxygen atoms in total. The lowest BCUT2D eigenvalue weighted by molar-refractivity contribution is 0.0779. The smallest absolute Gasteiger partial charge is 0.275 e. The van der Waals surface area contributed by atoms with Gasteiger partial charge in [-0.25, -0.2) is 8.42 Å². The van der Waals surface area contributed by atoms with E-state index in [0.29, 0.717) is 24.6 Å². The first-order valence-electron chi connectivity index (χ1n) is 6.95. The van der Waals surface area contributed by atoms with Gasteiger partial charge < -0.3 is 4.90 Å². The van der Waals surface area contributed by atoms with Gasteiger partial charge in [-0.05, 0) is 18.8 Å². The molecule has 1 heterocycles. The predicted molar refractivity (Wildman–Crippen MR) is 82.0 cm³/mol. The van der Waals surface area contributed by atoms with Crippen LogP contribution in [-0.2, 0) is 15.5 Å². The van der Waals surface area contributed by atoms with Crippen molar-refractivity contribution in [2.24, 2.45) is 5.92 Å². The molecule has 0 saturated heterocycles. The third-order valence-electron chi connectivity index (χ3n) is 3.13. The summed E-state index contributed by atoms with van der Waals surface area (Å²) in [6.07, 6.45) is 2.02. The quantitative estimate of drug-likeness (QED) is 0.775. The zero-order valence-electron chi connectivity index (χ0n) is 12.8. The summed E-state index contributed by atoms with van der Waals surface area (Å²) < 4.78 is 23.5. The van der Waals surface area contributed by atoms with Crippen molar-refractivity contribution in [2.75, 3.05) is 13.6 Å². The van der Waals surface area contributed by atoms with Crippen molar-refractivity contribution < 1.29 is 13.2 Å². The van der Waals surface area contributed by atoms with Crippen molar-refractivity contribution >= 4 is 25.6 Å². The Morgan fingerprint density at radius 3 is 2.52 bits per heavy atom. The lowest BCUT2D eigenvalue weighted by atomic mass is 10.1. The van der Waals surface area contributed by atoms with Crippen LogP contribution in [0.1, 0.15) is 49.8 Å². The first-order valence-corrected chi connectivity index (χ1v) is 9.26. The van der Waals surface area contributed by atoms with Crippen LogP contribution in [-0.4, -0.2) is 43.0 Å². The fraction of sp³-hybridized carbons (Fsp3) is 0.692. The van der Waals surface area contributed by atoms with E-state index in [0.717, 1.165) is 12.8 Å². The average Bonchev–Trinajstić information content (AvgIpc) is 2.79. The topological polar surface area (TPSA) is 83.1 Å². The van der Waals surface area contributed by atoms with E-state index < -0.39 is 15.0 Å². The molecule has 1 rings (SSSR count). The predicted octanol–water partition coefficient (Wildman–Crippen LogP) is 2.41. The minimum Gasteiger partial charge on any atom is -0.340 e. The van der Waals surface area contributed by atoms with Gasteiger partial charge in [0.1, 0.15) is 4.90 Å². The summed E-state index contributed by atoms with van der Waals surface area (Å²) in [7, 11) is 3.07. The van der Waals surface area contributed by atoms with E-state index in [-0.39, 0.29) is 10.6 Å². The number of aromatic amines is 1. The third kappa shape index (κ3) is 4.71. The van der Waals surface area contributed by atoms with Crippen LogP contribution < -0.4 is 0 Å². The van der Waals surface area contributed by atoms with Gasteiger partial charge in [-0.2, -0.15) is 5.10 Å². The van der Waals surface area contributed by atoms with Gasteiger partial charge in [0.15, 0.2) is 5.69 Å². The molecule has 120 valence electrons. The average molecular weight is 336 g/mol. The van der Waals surface area contributed by atoms with E-state index in [9.17, 15) is 13.2 Å². The Balaban J connectivity index is 3.10. The standard InChI is InChI=1S/C13H22ClN3O3S/c1-5-6-10-12(21(14,19)20)11(16-15-10)13(18)17(4)8-7-9(2)3/h9H,5-8H2,1-4H3,(H,15,16). The molecule has 0 unspecified atom stereocenters. The number of nitrogens with one attached hydrogen (secondary N) is 1. The molecule has 0 spiro atoms. The van der Waals surface area contributed by atoms with E-state index in [1.807, 2.05) is 6.92 Å². The van der Waals surface area contributed by atoms with Crippen LogP contribution in [0.25, 0.3) is 0 Å². The van der Waals surface area contributed by atoms with E-state index in [4.69, 9.17) is 10.7 Å². The van der Waals surface area contributed by atoms with Gasteiger partial charge in [-0.15, -0.1) is 0 Å². The summed E-state index contributed by atoms with van der Waals surface area (Å²) in [6, 6.07) is 0. The molecule has 0 aliphatic carbocycles. The highest BCUT2D eigenvalue weighted by molar-refractivity contribution is 8.13. The molecule has 0 aromatic carbocycles. The summed E-state index contributed by atoms with van der Waals surface area (Å²) in [5.74, 6) is 0.0137. The number of aromatic nitrogens is 2. The number of hydrogen-bond acceptors (Lipinski definition) is 4. The first-order chi connectivity index (χ1) is 9.68. The Labute approximate surface area is 130 Å². The SMILES string of the molecule is CCCc1[nH]nc(C(=O)N(C)CCC(C)C)c1S(=O)(=O)Cl. The van der Waals surface area contributed by atoms with Crippen molar-refractivity contribution in [3.8, 4) is 0 Å². The van der Waals surface area contributed by atoms with Gasteiger partial charge in [-0.3, -0.25) is 9.89 Å². The van der Waals surface area contributed by atoms with Gasteiger partial charge in [0.05, 0.1) is 5.69 Å². The Morgan fingerprint density at radius 2 is 2.05 bits per heavy atom. The monoisotopic (exact) mass is 335 g/mol. The normalized spacial score (nSPS) is 11.9. The van der Waals surface area contributed by atoms with Crippen molar-refractivity contribution in [2.45, 2.75) is 44.9 Å². The zero-order chi connectivity index (χ0) is 16.2. The first kappa shape index (κ1) is 18.0. The molecule has 0 aliphatic rings. The molecule has 1 amide bonds. The van der Waals surface area contributed by atoms with Crippen LogP contribution >= 0.6 is 10.7 Å². The largest absolute Gasteiger partial charge is 0.340 e. The molecule has 0 aliphatic heterocycles. The van der Waals surface area contributed by atoms with E-state index in [2.05, 4.69) is 24.0 Å². The van der Waals surface area contributed by atoms with E-state index in [1.54, 1.807) is 7.05 Å². The number of halogens is 1. The molecule has 0 bridgehead atoms. The van der Waals surface area contributed by atoms with Crippen LogP contribution in [0.5, 0.6) is 0 Å². The summed E-state index contributed by atoms with van der Waals surface area (Å²) in [4.78, 5) is 13.6. The van der Waals surface area contributed by atoms with Crippen molar-refractivity contribution in [1.82, 2.24) is 15.1 Å². The third-order valence-corrected chi connectivity index (χ3v) is 4.52. The molecule has 0 atom stereocenters. The molecule has 0 fully saturated rings. The minimum atomic E-state index is -4.02. The number of H-pyrrole nitrogens is 1. The van der Waals surface area contributed by atoms with Crippen LogP contribution in [0.4, 0.5) is 0 Å². The lowest BCUT2D eigenvalue weighted by Gasteiger charge is -2.17. The molecule has 8 heteroatoms. The number of nitrogens with zero attached hydrogens (tertiary/aromatic N) is 2. The highest BCUT2D eigenvalue weighted by Crippen LogP contribution is 2.24. The summed E-state index contributed by atoms with van der Waals surface area (Å²) in [6.45, 7) is 6.55. The fourth-order valence-electron chi connectivity index (χ4n) is 1.93. The molecule has 1 aromatic rings. The highest BCUT2D eigenvalue weighted by atomic mass is 35.7. The van der Waals surface area contributed by atoms with E-state index in [1.165, 1.54) is 4.90 Å². The zero-order valence-corrected chi connectivity index (χ0v) is 14.4. The van der Waals surface area contributed by atoms with Crippen molar-refractivity contribution in [3.63, 3.8) is 0 Å². The second kappa shape index (κ2) is 7.26. The number of carbonyl (C=O) groups is 1. The van der Waals surface area contributed by atoms with Crippen LogP contribution in [0.15, 0.2) is 4.90 Å². The number of hydrogen-bond donors (Lipinski definition) is 1. The van der Waals surface area contributed by atoms with Gasteiger partial charge in [-0.1, -0.05) is 27.2 Å². The van der Waals surface area contributed by atoms with Crippen molar-refractivity contribution in [1.29, 1.82) is 0 Å². The minimum absolute atomic E-state index is 0.125. The molecule has 21 heavy (non-hydrogen) atoms. The molecule has 0 saturated carbocycles. The van der Waals surface area contributed by atoms with Crippen LogP contribution in [0.3, 0.4) is 0 Å². The molecular weight excluding hydrogens is 314 g/mol. The maximum Gasteiger partial charge on any atom is 0.275 e. The number of rotatable bonds is 7. The summed E-state index contributed by atoms with van der Waals surface area (Å²) >= 11 is 0. The summed E-state index contributed by atoms with van der Waals surface area (Å²) in [5, 5.41) is 6.49. The molecule has 1 aromatic heterocycles. The van der Waals surface area contributed by atoms with Crippen molar-refractivity contribution in [3.05, 3.63) is 11.4 Å². The number of aryl methyl sites for hydroxylation is 1. The Hall–Kier alpha value is -1.08. The maximum atomic E-state index is 12.4. The lowest BCUT2D eigenvalue weighted by Crippen LogP contribution is -2.29. The Morgan fingerprint density at radius 1 is 1.43 bits per heavy atom. The number of amides is 1. The van der Waals surface area contributed by atoms with Gasteiger partial charge in [0.2, 0.25) is 0 Å². The van der Waals surface area contributed by atoms with Gasteiger partial charge in [0, 0.05) is 24.3 Å². The molecular formula is C13H22ClN3O3S. The van der Waals surface area contributed by atoms with Crippen LogP contribution in [0.2, 0.25) is 0 Å². The van der Waals surface area contributed by atoms with Gasteiger partial charge >= 0.3 is 0 Å². The number of carbonyl (C=O) groups excluding carboxylic acids is 1. The van der Waals surface area contributed by atoms with Crippen LogP contribution in [0, 0.1) is 5.92 Å². The second-order valence-corrected chi connectivity index (χ2v) is 7.98. The van der Waals surface area contributed by atoms with Gasteiger partial charge in [0.25, 0.3) is 15.0 Å². The Bertz CT molecular complexity index is 596. The maximum absolute atomic E-state index is 12.4. The second-order valence-electron chi connectivity index (χ2n) is 5.48.